The minimum atomic E-state index is -3.95. The molecule has 2 N–H and O–H groups in total. The molecule has 0 radical (unpaired) electrons. The largest absolute Gasteiger partial charge is 0.497 e. The van der Waals surface area contributed by atoms with Crippen molar-refractivity contribution in [3.8, 4) is 5.75 Å². The van der Waals surface area contributed by atoms with Gasteiger partial charge in [0.1, 0.15) is 16.4 Å². The molecule has 0 aliphatic carbocycles. The van der Waals surface area contributed by atoms with Crippen molar-refractivity contribution in [3.05, 3.63) is 125 Å². The molecule has 1 aliphatic rings. The van der Waals surface area contributed by atoms with Crippen molar-refractivity contribution in [1.29, 1.82) is 0 Å². The smallest absolute Gasteiger partial charge is 0.338 e. The maximum atomic E-state index is 13.7. The molecule has 0 atom stereocenters. The highest BCUT2D eigenvalue weighted by molar-refractivity contribution is 8.04. The Morgan fingerprint density at radius 3 is 2.23 bits per heavy atom. The summed E-state index contributed by atoms with van der Waals surface area (Å²) in [7, 11) is -1.17. The monoisotopic (exact) mass is 629 g/mol. The van der Waals surface area contributed by atoms with Crippen LogP contribution in [0.5, 0.6) is 5.75 Å². The van der Waals surface area contributed by atoms with E-state index in [2.05, 4.69) is 10.0 Å². The van der Waals surface area contributed by atoms with Crippen molar-refractivity contribution in [1.82, 2.24) is 0 Å². The quantitative estimate of drug-likeness (QED) is 0.165. The van der Waals surface area contributed by atoms with E-state index in [1.807, 2.05) is 0 Å². The first-order chi connectivity index (χ1) is 21.2. The molecular formula is C32H27N3O7S2. The molecule has 4 aromatic carbocycles. The third-order valence-electron chi connectivity index (χ3n) is 6.51. The van der Waals surface area contributed by atoms with E-state index in [4.69, 9.17) is 9.47 Å². The zero-order chi connectivity index (χ0) is 31.3. The van der Waals surface area contributed by atoms with Crippen LogP contribution in [0.2, 0.25) is 0 Å². The van der Waals surface area contributed by atoms with Crippen LogP contribution in [0.3, 0.4) is 0 Å². The zero-order valence-electron chi connectivity index (χ0n) is 23.6. The molecule has 0 bridgehead atoms. The fourth-order valence-electron chi connectivity index (χ4n) is 4.46. The predicted octanol–water partition coefficient (Wildman–Crippen LogP) is 5.41. The van der Waals surface area contributed by atoms with E-state index in [0.717, 1.165) is 16.7 Å². The van der Waals surface area contributed by atoms with Gasteiger partial charge in [-0.15, -0.1) is 0 Å². The number of benzene rings is 4. The van der Waals surface area contributed by atoms with Gasteiger partial charge in [0.05, 0.1) is 31.2 Å². The summed E-state index contributed by atoms with van der Waals surface area (Å²) in [5, 5.41) is 3.08. The van der Waals surface area contributed by atoms with Crippen molar-refractivity contribution in [2.24, 2.45) is 0 Å². The van der Waals surface area contributed by atoms with Gasteiger partial charge in [-0.2, -0.15) is 0 Å². The maximum Gasteiger partial charge on any atom is 0.338 e. The Hall–Kier alpha value is -5.07. The van der Waals surface area contributed by atoms with Crippen molar-refractivity contribution in [3.63, 3.8) is 0 Å². The number of nitrogens with zero attached hydrogens (tertiary/aromatic N) is 1. The first-order valence-corrected chi connectivity index (χ1v) is 15.7. The Kier molecular flexibility index (Phi) is 9.02. The van der Waals surface area contributed by atoms with Gasteiger partial charge in [-0.1, -0.05) is 54.2 Å². The number of carbonyl (C=O) groups excluding carboxylic acids is 3. The number of amides is 2. The summed E-state index contributed by atoms with van der Waals surface area (Å²) < 4.78 is 38.7. The molecule has 1 heterocycles. The van der Waals surface area contributed by atoms with Crippen LogP contribution in [-0.2, 0) is 30.1 Å². The summed E-state index contributed by atoms with van der Waals surface area (Å²) in [5.74, 6) is -1.52. The van der Waals surface area contributed by atoms with E-state index in [1.54, 1.807) is 104 Å². The lowest BCUT2D eigenvalue weighted by molar-refractivity contribution is -0.120. The van der Waals surface area contributed by atoms with Crippen LogP contribution in [0.15, 0.2) is 119 Å². The average Bonchev–Trinajstić information content (AvgIpc) is 3.25. The van der Waals surface area contributed by atoms with Crippen LogP contribution in [-0.4, -0.2) is 40.4 Å². The molecule has 4 aromatic rings. The highest BCUT2D eigenvalue weighted by Gasteiger charge is 2.40. The second-order valence-corrected chi connectivity index (χ2v) is 12.3. The van der Waals surface area contributed by atoms with E-state index in [0.29, 0.717) is 22.0 Å². The first kappa shape index (κ1) is 30.4. The number of imide groups is 1. The van der Waals surface area contributed by atoms with Crippen LogP contribution in [0.4, 0.5) is 17.1 Å². The predicted molar refractivity (Wildman–Crippen MR) is 169 cm³/mol. The maximum absolute atomic E-state index is 13.7. The van der Waals surface area contributed by atoms with Crippen molar-refractivity contribution >= 4 is 56.6 Å². The number of thioether (sulfide) groups is 1. The SMILES string of the molecule is COC(=O)c1ccccc1CS(=O)(=O)Nc1cccc(SC2=C(Nc3ccc(OC)cc3)C(=O)N(c3ccccc3)C2=O)c1. The lowest BCUT2D eigenvalue weighted by Crippen LogP contribution is -2.32. The summed E-state index contributed by atoms with van der Waals surface area (Å²) >= 11 is 1.03. The second kappa shape index (κ2) is 13.1. The van der Waals surface area contributed by atoms with Gasteiger partial charge in [-0.3, -0.25) is 14.3 Å². The molecule has 0 aromatic heterocycles. The lowest BCUT2D eigenvalue weighted by Gasteiger charge is -2.15. The number of carbonyl (C=O) groups is 3. The fraction of sp³-hybridized carbons (Fsp3) is 0.0938. The first-order valence-electron chi connectivity index (χ1n) is 13.2. The van der Waals surface area contributed by atoms with Gasteiger partial charge in [0.15, 0.2) is 0 Å². The zero-order valence-corrected chi connectivity index (χ0v) is 25.3. The van der Waals surface area contributed by atoms with Crippen LogP contribution >= 0.6 is 11.8 Å². The molecule has 224 valence electrons. The highest BCUT2D eigenvalue weighted by atomic mass is 32.2. The van der Waals surface area contributed by atoms with Gasteiger partial charge >= 0.3 is 5.97 Å². The normalized spacial score (nSPS) is 13.2. The van der Waals surface area contributed by atoms with Crippen LogP contribution in [0.25, 0.3) is 0 Å². The standard InChI is InChI=1S/C32H27N3O7S2/c1-41-25-17-15-22(16-18-25)33-28-29(31(37)35(30(28)36)24-11-4-3-5-12-24)43-26-13-8-10-23(19-26)34-44(39,40)20-21-9-6-7-14-27(21)32(38)42-2/h3-19,33-34H,20H2,1-2H3. The number of rotatable bonds is 11. The van der Waals surface area contributed by atoms with Gasteiger partial charge in [0, 0.05) is 16.3 Å². The number of sulfonamides is 1. The third kappa shape index (κ3) is 6.77. The summed E-state index contributed by atoms with van der Waals surface area (Å²) in [4.78, 5) is 41.1. The van der Waals surface area contributed by atoms with E-state index >= 15 is 0 Å². The molecule has 5 rings (SSSR count). The number of methoxy groups -OCH3 is 2. The van der Waals surface area contributed by atoms with Gasteiger partial charge in [0.2, 0.25) is 10.0 Å². The van der Waals surface area contributed by atoms with Crippen molar-refractivity contribution in [2.45, 2.75) is 10.6 Å². The van der Waals surface area contributed by atoms with Crippen molar-refractivity contribution < 1.29 is 32.3 Å². The van der Waals surface area contributed by atoms with Gasteiger partial charge in [-0.05, 0) is 66.2 Å². The number of ether oxygens (including phenoxy) is 2. The Balaban J connectivity index is 1.42. The molecule has 0 unspecified atom stereocenters. The second-order valence-electron chi connectivity index (χ2n) is 9.48. The number of nitrogens with one attached hydrogen (secondary N) is 2. The molecule has 0 spiro atoms. The Labute approximate surface area is 258 Å². The van der Waals surface area contributed by atoms with E-state index in [-0.39, 0.29) is 27.4 Å². The minimum absolute atomic E-state index is 0.0828. The number of anilines is 3. The molecule has 2 amide bonds. The number of esters is 1. The topological polar surface area (TPSA) is 131 Å². The molecule has 10 nitrogen and oxygen atoms in total. The highest BCUT2D eigenvalue weighted by Crippen LogP contribution is 2.38. The Morgan fingerprint density at radius 2 is 1.52 bits per heavy atom. The third-order valence-corrected chi connectivity index (χ3v) is 8.82. The number of para-hydroxylation sites is 1. The molecule has 0 fully saturated rings. The average molecular weight is 630 g/mol. The number of hydrogen-bond donors (Lipinski definition) is 2. The van der Waals surface area contributed by atoms with E-state index in [9.17, 15) is 22.8 Å². The number of hydrogen-bond acceptors (Lipinski definition) is 9. The van der Waals surface area contributed by atoms with Crippen molar-refractivity contribution in [2.75, 3.05) is 29.2 Å². The van der Waals surface area contributed by atoms with E-state index in [1.165, 1.54) is 13.2 Å². The minimum Gasteiger partial charge on any atom is -0.497 e. The molecular weight excluding hydrogens is 603 g/mol. The molecule has 12 heteroatoms. The van der Waals surface area contributed by atoms with Crippen LogP contribution < -0.4 is 19.7 Å². The summed E-state index contributed by atoms with van der Waals surface area (Å²) in [6.07, 6.45) is 0. The Morgan fingerprint density at radius 1 is 0.818 bits per heavy atom. The van der Waals surface area contributed by atoms with Gasteiger partial charge in [-0.25, -0.2) is 18.1 Å². The van der Waals surface area contributed by atoms with Crippen LogP contribution in [0, 0.1) is 0 Å². The summed E-state index contributed by atoms with van der Waals surface area (Å²) in [6, 6.07) is 28.3. The Bertz CT molecular complexity index is 1860. The molecule has 44 heavy (non-hydrogen) atoms. The summed E-state index contributed by atoms with van der Waals surface area (Å²) in [5.41, 5.74) is 1.75. The van der Waals surface area contributed by atoms with Crippen LogP contribution in [0.1, 0.15) is 15.9 Å². The van der Waals surface area contributed by atoms with Gasteiger partial charge < -0.3 is 14.8 Å². The fourth-order valence-corrected chi connectivity index (χ4v) is 6.67. The molecule has 0 saturated heterocycles. The summed E-state index contributed by atoms with van der Waals surface area (Å²) in [6.45, 7) is 0. The van der Waals surface area contributed by atoms with Gasteiger partial charge in [0.25, 0.3) is 11.8 Å². The molecule has 0 saturated carbocycles. The van der Waals surface area contributed by atoms with E-state index < -0.39 is 33.6 Å². The molecule has 1 aliphatic heterocycles. The lowest BCUT2D eigenvalue weighted by atomic mass is 10.1.